The zero-order valence-corrected chi connectivity index (χ0v) is 9.47. The number of phosphoric acid groups is 1. The Morgan fingerprint density at radius 3 is 2.31 bits per heavy atom. The number of rotatable bonds is 6. The molecule has 13 heavy (non-hydrogen) atoms. The maximum atomic E-state index is 11.3. The lowest BCUT2D eigenvalue weighted by Gasteiger charge is -2.11. The van der Waals surface area contributed by atoms with Gasteiger partial charge in [-0.25, -0.2) is 4.57 Å². The molecule has 5 heteroatoms. The van der Waals surface area contributed by atoms with Gasteiger partial charge in [-0.05, 0) is 13.3 Å². The van der Waals surface area contributed by atoms with Gasteiger partial charge < -0.3 is 0 Å². The Balaban J connectivity index is 3.94. The van der Waals surface area contributed by atoms with Gasteiger partial charge in [0.25, 0.3) is 0 Å². The Labute approximate surface area is 79.5 Å². The van der Waals surface area contributed by atoms with Crippen molar-refractivity contribution < 1.29 is 18.1 Å². The second-order valence-electron chi connectivity index (χ2n) is 2.51. The zero-order valence-electron chi connectivity index (χ0n) is 8.57. The van der Waals surface area contributed by atoms with Crippen LogP contribution in [0.4, 0.5) is 0 Å². The number of hydrogen-bond acceptors (Lipinski definition) is 4. The highest BCUT2D eigenvalue weighted by atomic mass is 31.2. The van der Waals surface area contributed by atoms with Gasteiger partial charge in [0.2, 0.25) is 0 Å². The van der Waals surface area contributed by atoms with Crippen LogP contribution in [0.5, 0.6) is 0 Å². The lowest BCUT2D eigenvalue weighted by atomic mass is 10.2. The minimum atomic E-state index is -3.29. The summed E-state index contributed by atoms with van der Waals surface area (Å²) in [4.78, 5) is 0. The van der Waals surface area contributed by atoms with Crippen LogP contribution in [0.25, 0.3) is 0 Å². The first-order valence-corrected chi connectivity index (χ1v) is 5.55. The SMILES string of the molecule is CC/C(C)=C\COP(=O)(OC)OC. The smallest absolute Gasteiger partial charge is 0.290 e. The fourth-order valence-corrected chi connectivity index (χ4v) is 1.21. The molecule has 0 aliphatic rings. The van der Waals surface area contributed by atoms with Crippen molar-refractivity contribution >= 4 is 7.82 Å². The molecule has 0 rings (SSSR count). The molecule has 0 unspecified atom stereocenters. The third kappa shape index (κ3) is 5.21. The van der Waals surface area contributed by atoms with Gasteiger partial charge in [-0.1, -0.05) is 18.6 Å². The van der Waals surface area contributed by atoms with Crippen LogP contribution in [0.3, 0.4) is 0 Å². The van der Waals surface area contributed by atoms with Gasteiger partial charge in [0.15, 0.2) is 0 Å². The predicted molar refractivity (Wildman–Crippen MR) is 51.6 cm³/mol. The maximum absolute atomic E-state index is 11.3. The van der Waals surface area contributed by atoms with E-state index in [-0.39, 0.29) is 6.61 Å². The second-order valence-corrected chi connectivity index (χ2v) is 4.40. The maximum Gasteiger partial charge on any atom is 0.474 e. The molecule has 0 atom stereocenters. The van der Waals surface area contributed by atoms with E-state index < -0.39 is 7.82 Å². The van der Waals surface area contributed by atoms with E-state index in [4.69, 9.17) is 4.52 Å². The Morgan fingerprint density at radius 2 is 1.92 bits per heavy atom. The minimum Gasteiger partial charge on any atom is -0.290 e. The van der Waals surface area contributed by atoms with Gasteiger partial charge >= 0.3 is 7.82 Å². The van der Waals surface area contributed by atoms with Gasteiger partial charge in [0.1, 0.15) is 0 Å². The summed E-state index contributed by atoms with van der Waals surface area (Å²) >= 11 is 0. The number of phosphoric ester groups is 1. The quantitative estimate of drug-likeness (QED) is 0.497. The summed E-state index contributed by atoms with van der Waals surface area (Å²) in [6.45, 7) is 4.27. The van der Waals surface area contributed by atoms with Crippen LogP contribution in [0, 0.1) is 0 Å². The van der Waals surface area contributed by atoms with Crippen molar-refractivity contribution in [2.75, 3.05) is 20.8 Å². The molecule has 4 nitrogen and oxygen atoms in total. The highest BCUT2D eigenvalue weighted by Crippen LogP contribution is 2.47. The molecular weight excluding hydrogens is 191 g/mol. The highest BCUT2D eigenvalue weighted by Gasteiger charge is 2.21. The highest BCUT2D eigenvalue weighted by molar-refractivity contribution is 7.48. The topological polar surface area (TPSA) is 44.8 Å². The minimum absolute atomic E-state index is 0.249. The fourth-order valence-electron chi connectivity index (χ4n) is 0.595. The number of allylic oxidation sites excluding steroid dienone is 1. The molecule has 0 fully saturated rings. The zero-order chi connectivity index (χ0) is 10.3. The third-order valence-corrected chi connectivity index (χ3v) is 3.03. The Bertz CT molecular complexity index is 204. The van der Waals surface area contributed by atoms with Crippen molar-refractivity contribution in [3.8, 4) is 0 Å². The first-order valence-electron chi connectivity index (χ1n) is 4.09. The second kappa shape index (κ2) is 6.33. The molecule has 0 aromatic carbocycles. The van der Waals surface area contributed by atoms with E-state index in [2.05, 4.69) is 9.05 Å². The molecule has 0 saturated heterocycles. The standard InChI is InChI=1S/C8H17O4P/c1-5-8(2)6-7-12-13(9,10-3)11-4/h6H,5,7H2,1-4H3/b8-6-. The fraction of sp³-hybridized carbons (Fsp3) is 0.750. The average molecular weight is 208 g/mol. The molecular formula is C8H17O4P. The monoisotopic (exact) mass is 208 g/mol. The lowest BCUT2D eigenvalue weighted by Crippen LogP contribution is -1.95. The van der Waals surface area contributed by atoms with Crippen molar-refractivity contribution in [3.05, 3.63) is 11.6 Å². The average Bonchev–Trinajstić information content (AvgIpc) is 2.17. The van der Waals surface area contributed by atoms with Gasteiger partial charge in [-0.3, -0.25) is 13.6 Å². The molecule has 0 aromatic heterocycles. The predicted octanol–water partition coefficient (Wildman–Crippen LogP) is 2.76. The number of hydrogen-bond donors (Lipinski definition) is 0. The molecule has 0 heterocycles. The van der Waals surface area contributed by atoms with E-state index in [1.807, 2.05) is 19.9 Å². The van der Waals surface area contributed by atoms with Crippen LogP contribution in [0.15, 0.2) is 11.6 Å². The van der Waals surface area contributed by atoms with E-state index in [1.165, 1.54) is 19.8 Å². The van der Waals surface area contributed by atoms with Crippen LogP contribution >= 0.6 is 7.82 Å². The van der Waals surface area contributed by atoms with Crippen LogP contribution in [-0.2, 0) is 18.1 Å². The molecule has 0 amide bonds. The molecule has 0 bridgehead atoms. The van der Waals surface area contributed by atoms with Gasteiger partial charge in [-0.15, -0.1) is 0 Å². The first-order chi connectivity index (χ1) is 6.08. The van der Waals surface area contributed by atoms with E-state index >= 15 is 0 Å². The van der Waals surface area contributed by atoms with Crippen LogP contribution in [0.1, 0.15) is 20.3 Å². The molecule has 78 valence electrons. The van der Waals surface area contributed by atoms with Gasteiger partial charge in [-0.2, -0.15) is 0 Å². The van der Waals surface area contributed by atoms with Gasteiger partial charge in [0, 0.05) is 14.2 Å². The Kier molecular flexibility index (Phi) is 6.25. The largest absolute Gasteiger partial charge is 0.474 e. The van der Waals surface area contributed by atoms with Crippen LogP contribution in [-0.4, -0.2) is 20.8 Å². The van der Waals surface area contributed by atoms with Crippen LogP contribution in [0.2, 0.25) is 0 Å². The van der Waals surface area contributed by atoms with Crippen molar-refractivity contribution in [2.45, 2.75) is 20.3 Å². The summed E-state index contributed by atoms with van der Waals surface area (Å²) < 4.78 is 25.4. The van der Waals surface area contributed by atoms with Crippen LogP contribution < -0.4 is 0 Å². The van der Waals surface area contributed by atoms with E-state index in [9.17, 15) is 4.57 Å². The Hall–Kier alpha value is -0.150. The summed E-state index contributed by atoms with van der Waals surface area (Å²) in [7, 11) is -0.708. The van der Waals surface area contributed by atoms with E-state index in [1.54, 1.807) is 0 Å². The molecule has 0 radical (unpaired) electrons. The summed E-state index contributed by atoms with van der Waals surface area (Å²) in [6.07, 6.45) is 2.80. The van der Waals surface area contributed by atoms with Crippen molar-refractivity contribution in [3.63, 3.8) is 0 Å². The molecule has 0 aliphatic heterocycles. The Morgan fingerprint density at radius 1 is 1.38 bits per heavy atom. The van der Waals surface area contributed by atoms with Gasteiger partial charge in [0.05, 0.1) is 6.61 Å². The molecule has 0 N–H and O–H groups in total. The third-order valence-electron chi connectivity index (χ3n) is 1.67. The molecule has 0 aliphatic carbocycles. The van der Waals surface area contributed by atoms with E-state index in [0.29, 0.717) is 0 Å². The summed E-state index contributed by atoms with van der Waals surface area (Å²) in [5, 5.41) is 0. The van der Waals surface area contributed by atoms with E-state index in [0.717, 1.165) is 6.42 Å². The lowest BCUT2D eigenvalue weighted by molar-refractivity contribution is 0.164. The normalized spacial score (nSPS) is 13.4. The molecule has 0 spiro atoms. The molecule has 0 saturated carbocycles. The molecule has 0 aromatic rings. The first kappa shape index (κ1) is 12.8. The van der Waals surface area contributed by atoms with Crippen molar-refractivity contribution in [1.82, 2.24) is 0 Å². The summed E-state index contributed by atoms with van der Waals surface area (Å²) in [5.74, 6) is 0. The van der Waals surface area contributed by atoms with Crippen molar-refractivity contribution in [2.24, 2.45) is 0 Å². The summed E-state index contributed by atoms with van der Waals surface area (Å²) in [6, 6.07) is 0. The van der Waals surface area contributed by atoms with Crippen molar-refractivity contribution in [1.29, 1.82) is 0 Å². The summed E-state index contributed by atoms with van der Waals surface area (Å²) in [5.41, 5.74) is 1.18.